The highest BCUT2D eigenvalue weighted by atomic mass is 32.2. The number of nitrogens with one attached hydrogen (secondary N) is 1. The molecule has 1 heterocycles. The number of hydrogen-bond donors (Lipinski definition) is 2. The highest BCUT2D eigenvalue weighted by Gasteiger charge is 2.39. The SMILES string of the molecule is CC1CC(CO)(NC2CCCC2)CS1. The van der Waals surface area contributed by atoms with Crippen molar-refractivity contribution in [2.24, 2.45) is 0 Å². The van der Waals surface area contributed by atoms with E-state index in [-0.39, 0.29) is 5.54 Å². The minimum absolute atomic E-state index is 0.0408. The van der Waals surface area contributed by atoms with Gasteiger partial charge in [-0.2, -0.15) is 11.8 Å². The Morgan fingerprint density at radius 1 is 1.43 bits per heavy atom. The van der Waals surface area contributed by atoms with Gasteiger partial charge in [0.1, 0.15) is 0 Å². The van der Waals surface area contributed by atoms with E-state index in [1.54, 1.807) is 0 Å². The maximum absolute atomic E-state index is 9.52. The van der Waals surface area contributed by atoms with Crippen molar-refractivity contribution in [3.63, 3.8) is 0 Å². The molecule has 0 bridgehead atoms. The van der Waals surface area contributed by atoms with Gasteiger partial charge in [-0.05, 0) is 19.3 Å². The van der Waals surface area contributed by atoms with Crippen LogP contribution in [0.4, 0.5) is 0 Å². The predicted molar refractivity (Wildman–Crippen MR) is 61.7 cm³/mol. The van der Waals surface area contributed by atoms with Crippen LogP contribution in [0.15, 0.2) is 0 Å². The molecule has 82 valence electrons. The lowest BCUT2D eigenvalue weighted by Gasteiger charge is -2.31. The summed E-state index contributed by atoms with van der Waals surface area (Å²) in [5.41, 5.74) is 0.0408. The zero-order valence-electron chi connectivity index (χ0n) is 8.96. The molecule has 0 aromatic rings. The maximum Gasteiger partial charge on any atom is 0.0621 e. The van der Waals surface area contributed by atoms with Gasteiger partial charge < -0.3 is 10.4 Å². The summed E-state index contributed by atoms with van der Waals surface area (Å²) in [4.78, 5) is 0. The van der Waals surface area contributed by atoms with Gasteiger partial charge in [-0.3, -0.25) is 0 Å². The van der Waals surface area contributed by atoms with Crippen molar-refractivity contribution in [3.8, 4) is 0 Å². The smallest absolute Gasteiger partial charge is 0.0621 e. The quantitative estimate of drug-likeness (QED) is 0.752. The minimum Gasteiger partial charge on any atom is -0.394 e. The maximum atomic E-state index is 9.52. The summed E-state index contributed by atoms with van der Waals surface area (Å²) in [5, 5.41) is 13.9. The van der Waals surface area contributed by atoms with Crippen LogP contribution in [0.2, 0.25) is 0 Å². The Hall–Kier alpha value is 0.270. The second-order valence-corrected chi connectivity index (χ2v) is 6.32. The average molecular weight is 215 g/mol. The Bertz CT molecular complexity index is 194. The third-order valence-corrected chi connectivity index (χ3v) is 4.95. The molecule has 2 N–H and O–H groups in total. The number of aliphatic hydroxyl groups excluding tert-OH is 1. The predicted octanol–water partition coefficient (Wildman–Crippen LogP) is 1.78. The van der Waals surface area contributed by atoms with Crippen LogP contribution in [0.3, 0.4) is 0 Å². The molecule has 0 aromatic heterocycles. The van der Waals surface area contributed by atoms with Crippen molar-refractivity contribution in [2.45, 2.75) is 55.9 Å². The normalized spacial score (nSPS) is 39.4. The molecule has 2 rings (SSSR count). The number of aliphatic hydroxyl groups is 1. The lowest BCUT2D eigenvalue weighted by molar-refractivity contribution is 0.162. The van der Waals surface area contributed by atoms with Crippen LogP contribution in [-0.2, 0) is 0 Å². The number of hydrogen-bond acceptors (Lipinski definition) is 3. The summed E-state index contributed by atoms with van der Waals surface area (Å²) in [6.07, 6.45) is 6.47. The fraction of sp³-hybridized carbons (Fsp3) is 1.00. The first-order chi connectivity index (χ1) is 6.74. The minimum atomic E-state index is 0.0408. The first-order valence-electron chi connectivity index (χ1n) is 5.74. The van der Waals surface area contributed by atoms with Gasteiger partial charge in [0.25, 0.3) is 0 Å². The van der Waals surface area contributed by atoms with Crippen LogP contribution in [0.25, 0.3) is 0 Å². The summed E-state index contributed by atoms with van der Waals surface area (Å²) in [5.74, 6) is 1.08. The molecule has 2 nitrogen and oxygen atoms in total. The molecule has 1 saturated carbocycles. The van der Waals surface area contributed by atoms with E-state index < -0.39 is 0 Å². The highest BCUT2D eigenvalue weighted by Crippen LogP contribution is 2.35. The van der Waals surface area contributed by atoms with Crippen molar-refractivity contribution in [1.82, 2.24) is 5.32 Å². The van der Waals surface area contributed by atoms with E-state index in [1.165, 1.54) is 25.7 Å². The van der Waals surface area contributed by atoms with E-state index in [2.05, 4.69) is 12.2 Å². The first-order valence-corrected chi connectivity index (χ1v) is 6.79. The standard InChI is InChI=1S/C11H21NOS/c1-9-6-11(7-13,8-14-9)12-10-4-2-3-5-10/h9-10,12-13H,2-8H2,1H3. The van der Waals surface area contributed by atoms with Crippen molar-refractivity contribution >= 4 is 11.8 Å². The summed E-state index contributed by atoms with van der Waals surface area (Å²) >= 11 is 1.99. The molecule has 1 saturated heterocycles. The lowest BCUT2D eigenvalue weighted by atomic mass is 9.95. The number of rotatable bonds is 3. The zero-order valence-corrected chi connectivity index (χ0v) is 9.78. The first kappa shape index (κ1) is 10.8. The molecule has 2 atom stereocenters. The van der Waals surface area contributed by atoms with Gasteiger partial charge in [-0.15, -0.1) is 0 Å². The molecule has 0 radical (unpaired) electrons. The van der Waals surface area contributed by atoms with Crippen molar-refractivity contribution in [3.05, 3.63) is 0 Å². The van der Waals surface area contributed by atoms with Gasteiger partial charge in [-0.1, -0.05) is 19.8 Å². The zero-order chi connectivity index (χ0) is 10.0. The molecule has 3 heteroatoms. The summed E-state index contributed by atoms with van der Waals surface area (Å²) in [6.45, 7) is 2.57. The van der Waals surface area contributed by atoms with Gasteiger partial charge in [0, 0.05) is 17.0 Å². The molecule has 0 aromatic carbocycles. The van der Waals surface area contributed by atoms with E-state index in [0.29, 0.717) is 17.9 Å². The summed E-state index contributed by atoms with van der Waals surface area (Å²) in [7, 11) is 0. The van der Waals surface area contributed by atoms with Crippen LogP contribution < -0.4 is 5.32 Å². The van der Waals surface area contributed by atoms with Gasteiger partial charge in [0.2, 0.25) is 0 Å². The molecule has 1 aliphatic heterocycles. The molecule has 0 amide bonds. The monoisotopic (exact) mass is 215 g/mol. The lowest BCUT2D eigenvalue weighted by Crippen LogP contribution is -2.52. The molecule has 2 aliphatic rings. The van der Waals surface area contributed by atoms with E-state index in [4.69, 9.17) is 0 Å². The molecule has 1 aliphatic carbocycles. The van der Waals surface area contributed by atoms with Gasteiger partial charge in [0.05, 0.1) is 12.1 Å². The van der Waals surface area contributed by atoms with Crippen LogP contribution in [0, 0.1) is 0 Å². The molecule has 2 unspecified atom stereocenters. The van der Waals surface area contributed by atoms with Crippen molar-refractivity contribution < 1.29 is 5.11 Å². The van der Waals surface area contributed by atoms with E-state index in [9.17, 15) is 5.11 Å². The Morgan fingerprint density at radius 3 is 2.64 bits per heavy atom. The van der Waals surface area contributed by atoms with Crippen LogP contribution in [-0.4, -0.2) is 34.3 Å². The van der Waals surface area contributed by atoms with Gasteiger partial charge >= 0.3 is 0 Å². The second kappa shape index (κ2) is 4.42. The Morgan fingerprint density at radius 2 is 2.14 bits per heavy atom. The molecule has 2 fully saturated rings. The molecule has 0 spiro atoms. The highest BCUT2D eigenvalue weighted by molar-refractivity contribution is 8.00. The van der Waals surface area contributed by atoms with E-state index >= 15 is 0 Å². The summed E-state index contributed by atoms with van der Waals surface area (Å²) in [6, 6.07) is 0.674. The Balaban J connectivity index is 1.91. The third-order valence-electron chi connectivity index (χ3n) is 3.49. The molecule has 14 heavy (non-hydrogen) atoms. The average Bonchev–Trinajstić information content (AvgIpc) is 2.77. The van der Waals surface area contributed by atoms with Crippen LogP contribution in [0.5, 0.6) is 0 Å². The summed E-state index contributed by atoms with van der Waals surface area (Å²) < 4.78 is 0. The third kappa shape index (κ3) is 2.26. The molecular weight excluding hydrogens is 194 g/mol. The Kier molecular flexibility index (Phi) is 3.40. The molecular formula is C11H21NOS. The topological polar surface area (TPSA) is 32.3 Å². The fourth-order valence-corrected chi connectivity index (χ4v) is 4.06. The van der Waals surface area contributed by atoms with Crippen molar-refractivity contribution in [1.29, 1.82) is 0 Å². The van der Waals surface area contributed by atoms with E-state index in [1.807, 2.05) is 11.8 Å². The van der Waals surface area contributed by atoms with Gasteiger partial charge in [-0.25, -0.2) is 0 Å². The van der Waals surface area contributed by atoms with Crippen LogP contribution >= 0.6 is 11.8 Å². The van der Waals surface area contributed by atoms with E-state index in [0.717, 1.165) is 12.2 Å². The fourth-order valence-electron chi connectivity index (χ4n) is 2.73. The Labute approximate surface area is 90.8 Å². The van der Waals surface area contributed by atoms with Crippen molar-refractivity contribution in [2.75, 3.05) is 12.4 Å². The number of thioether (sulfide) groups is 1. The largest absolute Gasteiger partial charge is 0.394 e. The van der Waals surface area contributed by atoms with Crippen LogP contribution in [0.1, 0.15) is 39.0 Å². The van der Waals surface area contributed by atoms with Gasteiger partial charge in [0.15, 0.2) is 0 Å². The second-order valence-electron chi connectivity index (χ2n) is 4.89.